The normalized spacial score (nSPS) is 12.9. The molecule has 0 amide bonds. The van der Waals surface area contributed by atoms with Gasteiger partial charge in [0.2, 0.25) is 0 Å². The number of H-pyrrole nitrogens is 2. The standard InChI is InChI=1S/C33H34N6O4S2/c1-18-14-34-28(20(3)30(18)42-5)16-44(40)32-36-24-9-7-22(12-26(24)38-32)11-23-8-10-25-27(13-23)39-33(37-25)45(41)17-29-21(4)31(43-6)19(2)15-35-29/h7-10,12-15H,11,16-17H2,1-6H3,(H,36,38)(H,37,39). The van der Waals surface area contributed by atoms with Crippen LogP contribution >= 0.6 is 0 Å². The van der Waals surface area contributed by atoms with Gasteiger partial charge in [0.25, 0.3) is 0 Å². The molecule has 6 aromatic rings. The molecule has 0 radical (unpaired) electrons. The number of aryl methyl sites for hydroxylation is 2. The fourth-order valence-electron chi connectivity index (χ4n) is 5.56. The molecule has 0 saturated heterocycles. The highest BCUT2D eigenvalue weighted by molar-refractivity contribution is 7.84. The molecule has 0 bridgehead atoms. The van der Waals surface area contributed by atoms with E-state index in [1.165, 1.54) is 0 Å². The summed E-state index contributed by atoms with van der Waals surface area (Å²) in [6.07, 6.45) is 4.15. The van der Waals surface area contributed by atoms with Crippen LogP contribution in [0.2, 0.25) is 0 Å². The Hall–Kier alpha value is -4.42. The molecule has 0 saturated carbocycles. The number of hydrogen-bond acceptors (Lipinski definition) is 8. The molecule has 2 aromatic carbocycles. The zero-order chi connectivity index (χ0) is 31.8. The number of imidazole rings is 2. The van der Waals surface area contributed by atoms with Gasteiger partial charge in [-0.3, -0.25) is 18.4 Å². The Labute approximate surface area is 266 Å². The summed E-state index contributed by atoms with van der Waals surface area (Å²) >= 11 is 0. The molecule has 0 fully saturated rings. The lowest BCUT2D eigenvalue weighted by Gasteiger charge is -2.11. The van der Waals surface area contributed by atoms with Crippen LogP contribution in [0.25, 0.3) is 22.1 Å². The van der Waals surface area contributed by atoms with Crippen LogP contribution in [0.15, 0.2) is 59.1 Å². The van der Waals surface area contributed by atoms with Crippen molar-refractivity contribution in [3.63, 3.8) is 0 Å². The second-order valence-corrected chi connectivity index (χ2v) is 13.8. The number of methoxy groups -OCH3 is 2. The number of aromatic nitrogens is 6. The van der Waals surface area contributed by atoms with Gasteiger partial charge in [0.15, 0.2) is 10.3 Å². The van der Waals surface area contributed by atoms with Gasteiger partial charge in [-0.15, -0.1) is 0 Å². The molecular weight excluding hydrogens is 609 g/mol. The molecule has 45 heavy (non-hydrogen) atoms. The zero-order valence-electron chi connectivity index (χ0n) is 26.0. The molecule has 4 aromatic heterocycles. The fraction of sp³-hybridized carbons (Fsp3) is 0.273. The first-order valence-corrected chi connectivity index (χ1v) is 17.0. The average Bonchev–Trinajstić information content (AvgIpc) is 3.65. The van der Waals surface area contributed by atoms with Crippen LogP contribution in [-0.2, 0) is 39.5 Å². The monoisotopic (exact) mass is 642 g/mol. The molecule has 12 heteroatoms. The molecule has 2 atom stereocenters. The minimum atomic E-state index is -1.40. The number of benzene rings is 2. The summed E-state index contributed by atoms with van der Waals surface area (Å²) in [6, 6.07) is 12.0. The highest BCUT2D eigenvalue weighted by Crippen LogP contribution is 2.28. The molecular formula is C33H34N6O4S2. The Kier molecular flexibility index (Phi) is 8.52. The molecule has 0 aliphatic heterocycles. The van der Waals surface area contributed by atoms with Crippen molar-refractivity contribution in [3.05, 3.63) is 93.6 Å². The molecule has 232 valence electrons. The Morgan fingerprint density at radius 1 is 0.667 bits per heavy atom. The smallest absolute Gasteiger partial charge is 0.197 e. The highest BCUT2D eigenvalue weighted by atomic mass is 32.2. The van der Waals surface area contributed by atoms with Gasteiger partial charge in [0, 0.05) is 34.6 Å². The van der Waals surface area contributed by atoms with Gasteiger partial charge >= 0.3 is 0 Å². The zero-order valence-corrected chi connectivity index (χ0v) is 27.6. The Morgan fingerprint density at radius 3 is 1.49 bits per heavy atom. The lowest BCUT2D eigenvalue weighted by molar-refractivity contribution is 0.407. The Morgan fingerprint density at radius 2 is 1.09 bits per heavy atom. The molecule has 10 nitrogen and oxygen atoms in total. The molecule has 0 aliphatic carbocycles. The van der Waals surface area contributed by atoms with E-state index in [4.69, 9.17) is 9.47 Å². The van der Waals surface area contributed by atoms with E-state index in [9.17, 15) is 8.42 Å². The van der Waals surface area contributed by atoms with E-state index in [1.807, 2.05) is 64.1 Å². The average molecular weight is 643 g/mol. The third-order valence-corrected chi connectivity index (χ3v) is 10.2. The largest absolute Gasteiger partial charge is 0.496 e. The van der Waals surface area contributed by atoms with Gasteiger partial charge in [0.05, 0.1) is 80.8 Å². The number of hydrogen-bond donors (Lipinski definition) is 2. The molecule has 4 heterocycles. The van der Waals surface area contributed by atoms with Gasteiger partial charge in [0.1, 0.15) is 11.5 Å². The van der Waals surface area contributed by atoms with Crippen molar-refractivity contribution in [1.82, 2.24) is 29.9 Å². The van der Waals surface area contributed by atoms with Crippen molar-refractivity contribution in [2.45, 2.75) is 55.9 Å². The summed E-state index contributed by atoms with van der Waals surface area (Å²) in [6.45, 7) is 7.73. The number of pyridine rings is 2. The highest BCUT2D eigenvalue weighted by Gasteiger charge is 2.18. The second-order valence-electron chi connectivity index (χ2n) is 11.0. The Balaban J connectivity index is 1.17. The van der Waals surface area contributed by atoms with E-state index in [0.29, 0.717) is 16.7 Å². The van der Waals surface area contributed by atoms with Crippen molar-refractivity contribution in [2.75, 3.05) is 14.2 Å². The van der Waals surface area contributed by atoms with Crippen LogP contribution in [0.3, 0.4) is 0 Å². The summed E-state index contributed by atoms with van der Waals surface area (Å²) in [5, 5.41) is 0.827. The third-order valence-electron chi connectivity index (χ3n) is 7.92. The van der Waals surface area contributed by atoms with Crippen molar-refractivity contribution in [1.29, 1.82) is 0 Å². The molecule has 6 rings (SSSR count). The SMILES string of the molecule is COc1c(C)cnc(CS(=O)c2nc3ccc(Cc4ccc5nc(S(=O)Cc6ncc(C)c(OC)c6C)[nH]c5c4)cc3[nH]2)c1C. The van der Waals surface area contributed by atoms with Crippen LogP contribution < -0.4 is 9.47 Å². The Bertz CT molecular complexity index is 1970. The van der Waals surface area contributed by atoms with E-state index < -0.39 is 21.6 Å². The molecule has 2 unspecified atom stereocenters. The minimum absolute atomic E-state index is 0.238. The van der Waals surface area contributed by atoms with Crippen LogP contribution in [0, 0.1) is 27.7 Å². The lowest BCUT2D eigenvalue weighted by Crippen LogP contribution is -2.05. The number of ether oxygens (including phenoxy) is 2. The first-order chi connectivity index (χ1) is 21.6. The third kappa shape index (κ3) is 6.12. The first kappa shape index (κ1) is 30.6. The van der Waals surface area contributed by atoms with Crippen LogP contribution in [-0.4, -0.2) is 52.5 Å². The van der Waals surface area contributed by atoms with Gasteiger partial charge in [-0.1, -0.05) is 12.1 Å². The minimum Gasteiger partial charge on any atom is -0.496 e. The van der Waals surface area contributed by atoms with Crippen molar-refractivity contribution < 1.29 is 17.9 Å². The fourth-order valence-corrected chi connectivity index (χ4v) is 7.76. The van der Waals surface area contributed by atoms with Crippen molar-refractivity contribution in [3.8, 4) is 11.5 Å². The molecule has 0 aliphatic rings. The maximum Gasteiger partial charge on any atom is 0.197 e. The summed E-state index contributed by atoms with van der Waals surface area (Å²) in [7, 11) is 0.448. The van der Waals surface area contributed by atoms with E-state index in [-0.39, 0.29) is 11.5 Å². The van der Waals surface area contributed by atoms with Crippen molar-refractivity contribution in [2.24, 2.45) is 0 Å². The van der Waals surface area contributed by atoms with E-state index in [2.05, 4.69) is 29.9 Å². The molecule has 0 spiro atoms. The quantitative estimate of drug-likeness (QED) is 0.195. The maximum atomic E-state index is 13.2. The number of nitrogens with zero attached hydrogens (tertiary/aromatic N) is 4. The first-order valence-electron chi connectivity index (χ1n) is 14.4. The van der Waals surface area contributed by atoms with Crippen molar-refractivity contribution >= 4 is 43.7 Å². The summed E-state index contributed by atoms with van der Waals surface area (Å²) < 4.78 is 37.5. The number of rotatable bonds is 10. The van der Waals surface area contributed by atoms with Crippen LogP contribution in [0.5, 0.6) is 11.5 Å². The van der Waals surface area contributed by atoms with E-state index in [1.54, 1.807) is 26.6 Å². The number of fused-ring (bicyclic) bond motifs is 2. The van der Waals surface area contributed by atoms with Crippen LogP contribution in [0.4, 0.5) is 0 Å². The van der Waals surface area contributed by atoms with E-state index in [0.717, 1.165) is 78.3 Å². The van der Waals surface area contributed by atoms with Gasteiger partial charge < -0.3 is 19.4 Å². The predicted molar refractivity (Wildman–Crippen MR) is 176 cm³/mol. The second kappa shape index (κ2) is 12.5. The lowest BCUT2D eigenvalue weighted by atomic mass is 10.0. The number of aromatic amines is 2. The molecule has 2 N–H and O–H groups in total. The predicted octanol–water partition coefficient (Wildman–Crippen LogP) is 5.69. The maximum absolute atomic E-state index is 13.2. The topological polar surface area (TPSA) is 136 Å². The summed E-state index contributed by atoms with van der Waals surface area (Å²) in [4.78, 5) is 24.6. The van der Waals surface area contributed by atoms with Gasteiger partial charge in [-0.2, -0.15) is 0 Å². The van der Waals surface area contributed by atoms with Gasteiger partial charge in [-0.25, -0.2) is 9.97 Å². The summed E-state index contributed by atoms with van der Waals surface area (Å²) in [5.74, 6) is 2.00. The van der Waals surface area contributed by atoms with E-state index >= 15 is 0 Å². The van der Waals surface area contributed by atoms with Gasteiger partial charge in [-0.05, 0) is 69.5 Å². The number of nitrogens with one attached hydrogen (secondary N) is 2. The van der Waals surface area contributed by atoms with Crippen LogP contribution in [0.1, 0.15) is 44.8 Å². The summed E-state index contributed by atoms with van der Waals surface area (Å²) in [5.41, 5.74) is 10.4.